The lowest BCUT2D eigenvalue weighted by atomic mass is 9.91. The molecule has 3 rings (SSSR count). The second-order valence-electron chi connectivity index (χ2n) is 9.33. The van der Waals surface area contributed by atoms with Crippen molar-refractivity contribution in [3.8, 4) is 11.5 Å². The minimum absolute atomic E-state index is 0.0311. The Morgan fingerprint density at radius 3 is 2.02 bits per heavy atom. The van der Waals surface area contributed by atoms with E-state index in [0.29, 0.717) is 41.3 Å². The zero-order chi connectivity index (χ0) is 30.5. The zero-order valence-electron chi connectivity index (χ0n) is 22.7. The first kappa shape index (κ1) is 31.7. The fourth-order valence-corrected chi connectivity index (χ4v) is 4.47. The van der Waals surface area contributed by atoms with E-state index in [9.17, 15) is 35.9 Å². The van der Waals surface area contributed by atoms with Gasteiger partial charge in [-0.25, -0.2) is 9.59 Å². The van der Waals surface area contributed by atoms with Gasteiger partial charge in [-0.2, -0.15) is 26.3 Å². The monoisotopic (exact) mass is 592 g/mol. The summed E-state index contributed by atoms with van der Waals surface area (Å²) in [5.74, 6) is 0.655. The van der Waals surface area contributed by atoms with Crippen LogP contribution in [0.1, 0.15) is 55.0 Å². The van der Waals surface area contributed by atoms with E-state index in [4.69, 9.17) is 18.9 Å². The first-order valence-corrected chi connectivity index (χ1v) is 12.6. The Bertz CT molecular complexity index is 1220. The van der Waals surface area contributed by atoms with Crippen LogP contribution in [-0.4, -0.2) is 45.7 Å². The van der Waals surface area contributed by atoms with E-state index >= 15 is 0 Å². The van der Waals surface area contributed by atoms with Gasteiger partial charge in [-0.1, -0.05) is 6.92 Å². The van der Waals surface area contributed by atoms with Crippen molar-refractivity contribution in [1.29, 1.82) is 0 Å². The Labute approximate surface area is 232 Å². The molecule has 0 radical (unpaired) electrons. The number of rotatable bonds is 8. The lowest BCUT2D eigenvalue weighted by Gasteiger charge is -2.39. The van der Waals surface area contributed by atoms with Crippen molar-refractivity contribution < 1.29 is 54.9 Å². The van der Waals surface area contributed by atoms with Gasteiger partial charge in [0.2, 0.25) is 0 Å². The molecule has 2 aromatic rings. The van der Waals surface area contributed by atoms with E-state index in [2.05, 4.69) is 5.32 Å². The maximum Gasteiger partial charge on any atom is 0.416 e. The highest BCUT2D eigenvalue weighted by Crippen LogP contribution is 2.44. The van der Waals surface area contributed by atoms with Crippen LogP contribution in [0, 0.1) is 0 Å². The van der Waals surface area contributed by atoms with Crippen LogP contribution in [0.3, 0.4) is 0 Å². The van der Waals surface area contributed by atoms with Crippen LogP contribution in [0.2, 0.25) is 0 Å². The third-order valence-electron chi connectivity index (χ3n) is 6.38. The molecule has 8 nitrogen and oxygen atoms in total. The number of methoxy groups -OCH3 is 2. The van der Waals surface area contributed by atoms with E-state index < -0.39 is 54.4 Å². The van der Waals surface area contributed by atoms with Crippen LogP contribution in [-0.2, 0) is 28.2 Å². The van der Waals surface area contributed by atoms with Crippen LogP contribution >= 0.6 is 0 Å². The average molecular weight is 593 g/mol. The number of halogens is 6. The SMILES string of the molecule is CCCOC(=O)N1c2cc(OC)c(OC)cc2[C@@H](NC(=O)OCCc2cc(C(F)(F)F)cc(C(F)(F)F)c2)C[C@H]1C. The van der Waals surface area contributed by atoms with Crippen LogP contribution in [0.15, 0.2) is 30.3 Å². The van der Waals surface area contributed by atoms with Crippen LogP contribution < -0.4 is 19.7 Å². The summed E-state index contributed by atoms with van der Waals surface area (Å²) in [6.45, 7) is 3.32. The summed E-state index contributed by atoms with van der Waals surface area (Å²) >= 11 is 0. The number of anilines is 1. The standard InChI is InChI=1S/C27H30F6N2O6/c1-5-7-41-25(37)35-15(2)9-20(19-13-22(38-3)23(39-4)14-21(19)35)34-24(36)40-8-6-16-10-17(26(28,29)30)12-18(11-16)27(31,32)33/h10-15,20H,5-9H2,1-4H3,(H,34,36)/t15-,20+/m1/s1. The highest BCUT2D eigenvalue weighted by molar-refractivity contribution is 5.91. The van der Waals surface area contributed by atoms with Crippen molar-refractivity contribution in [2.45, 2.75) is 57.5 Å². The van der Waals surface area contributed by atoms with Crippen LogP contribution in [0.4, 0.5) is 41.6 Å². The first-order valence-electron chi connectivity index (χ1n) is 12.6. The summed E-state index contributed by atoms with van der Waals surface area (Å²) in [5, 5.41) is 2.66. The van der Waals surface area contributed by atoms with E-state index in [0.717, 1.165) is 0 Å². The van der Waals surface area contributed by atoms with E-state index in [1.54, 1.807) is 19.1 Å². The molecule has 0 unspecified atom stereocenters. The molecule has 0 bridgehead atoms. The molecule has 1 N–H and O–H groups in total. The van der Waals surface area contributed by atoms with Gasteiger partial charge in [0.05, 0.1) is 50.3 Å². The predicted molar refractivity (Wildman–Crippen MR) is 135 cm³/mol. The number of alkyl halides is 6. The van der Waals surface area contributed by atoms with Crippen molar-refractivity contribution >= 4 is 17.9 Å². The van der Waals surface area contributed by atoms with Gasteiger partial charge < -0.3 is 24.3 Å². The van der Waals surface area contributed by atoms with Gasteiger partial charge in [0, 0.05) is 24.1 Å². The second-order valence-corrected chi connectivity index (χ2v) is 9.33. The smallest absolute Gasteiger partial charge is 0.416 e. The zero-order valence-corrected chi connectivity index (χ0v) is 22.7. The Hall–Kier alpha value is -3.84. The number of alkyl carbamates (subject to hydrolysis) is 1. The van der Waals surface area contributed by atoms with Gasteiger partial charge in [-0.15, -0.1) is 0 Å². The molecule has 2 atom stereocenters. The third kappa shape index (κ3) is 7.67. The van der Waals surface area contributed by atoms with Crippen LogP contribution in [0.25, 0.3) is 0 Å². The van der Waals surface area contributed by atoms with Gasteiger partial charge in [0.1, 0.15) is 0 Å². The summed E-state index contributed by atoms with van der Waals surface area (Å²) in [4.78, 5) is 26.9. The summed E-state index contributed by atoms with van der Waals surface area (Å²) in [7, 11) is 2.84. The van der Waals surface area contributed by atoms with E-state index in [1.807, 2.05) is 6.92 Å². The molecule has 0 aliphatic carbocycles. The number of fused-ring (bicyclic) bond motifs is 1. The first-order chi connectivity index (χ1) is 19.2. The minimum Gasteiger partial charge on any atom is -0.493 e. The molecule has 2 amide bonds. The Morgan fingerprint density at radius 1 is 0.902 bits per heavy atom. The number of carbonyl (C=O) groups excluding carboxylic acids is 2. The summed E-state index contributed by atoms with van der Waals surface area (Å²) in [6, 6.07) is 3.23. The Morgan fingerprint density at radius 2 is 1.49 bits per heavy atom. The summed E-state index contributed by atoms with van der Waals surface area (Å²) < 4.78 is 99.9. The molecule has 14 heteroatoms. The Kier molecular flexibility index (Phi) is 9.87. The molecule has 1 aliphatic rings. The van der Waals surface area contributed by atoms with Gasteiger partial charge >= 0.3 is 24.5 Å². The quantitative estimate of drug-likeness (QED) is 0.336. The third-order valence-corrected chi connectivity index (χ3v) is 6.38. The molecule has 1 heterocycles. The highest BCUT2D eigenvalue weighted by Gasteiger charge is 2.38. The molecule has 2 aromatic carbocycles. The fourth-order valence-electron chi connectivity index (χ4n) is 4.47. The Balaban J connectivity index is 1.78. The van der Waals surface area contributed by atoms with Gasteiger partial charge in [-0.3, -0.25) is 4.90 Å². The topological polar surface area (TPSA) is 86.3 Å². The molecule has 1 aliphatic heterocycles. The lowest BCUT2D eigenvalue weighted by molar-refractivity contribution is -0.143. The lowest BCUT2D eigenvalue weighted by Crippen LogP contribution is -2.46. The number of carbonyl (C=O) groups is 2. The van der Waals surface area contributed by atoms with E-state index in [-0.39, 0.29) is 31.1 Å². The number of hydrogen-bond acceptors (Lipinski definition) is 6. The largest absolute Gasteiger partial charge is 0.493 e. The second kappa shape index (κ2) is 12.8. The maximum absolute atomic E-state index is 13.1. The number of nitrogens with one attached hydrogen (secondary N) is 1. The van der Waals surface area contributed by atoms with Crippen LogP contribution in [0.5, 0.6) is 11.5 Å². The minimum atomic E-state index is -4.99. The predicted octanol–water partition coefficient (Wildman–Crippen LogP) is 6.90. The summed E-state index contributed by atoms with van der Waals surface area (Å²) in [6.07, 6.45) is -11.1. The number of hydrogen-bond donors (Lipinski definition) is 1. The fraction of sp³-hybridized carbons (Fsp3) is 0.481. The number of benzene rings is 2. The molecule has 226 valence electrons. The number of ether oxygens (including phenoxy) is 4. The molecular weight excluding hydrogens is 562 g/mol. The van der Waals surface area contributed by atoms with Crippen molar-refractivity contribution in [3.63, 3.8) is 0 Å². The number of amides is 2. The van der Waals surface area contributed by atoms with Gasteiger partial charge in [-0.05, 0) is 49.6 Å². The summed E-state index contributed by atoms with van der Waals surface area (Å²) in [5.41, 5.74) is -2.32. The van der Waals surface area contributed by atoms with E-state index in [1.165, 1.54) is 19.1 Å². The normalized spacial score (nSPS) is 17.0. The molecule has 0 aromatic heterocycles. The molecule has 0 spiro atoms. The van der Waals surface area contributed by atoms with Crippen molar-refractivity contribution in [3.05, 3.63) is 52.6 Å². The van der Waals surface area contributed by atoms with Crippen molar-refractivity contribution in [1.82, 2.24) is 5.32 Å². The molecule has 0 saturated heterocycles. The average Bonchev–Trinajstić information content (AvgIpc) is 2.89. The maximum atomic E-state index is 13.1. The van der Waals surface area contributed by atoms with Crippen molar-refractivity contribution in [2.75, 3.05) is 32.3 Å². The number of nitrogens with zero attached hydrogens (tertiary/aromatic N) is 1. The van der Waals surface area contributed by atoms with Gasteiger partial charge in [0.25, 0.3) is 0 Å². The molecular formula is C27H30F6N2O6. The highest BCUT2D eigenvalue weighted by atomic mass is 19.4. The molecule has 41 heavy (non-hydrogen) atoms. The molecule has 0 fully saturated rings. The van der Waals surface area contributed by atoms with Gasteiger partial charge in [0.15, 0.2) is 11.5 Å². The van der Waals surface area contributed by atoms with Crippen molar-refractivity contribution in [2.24, 2.45) is 0 Å². The molecule has 0 saturated carbocycles.